The third-order valence-electron chi connectivity index (χ3n) is 4.81. The van der Waals surface area contributed by atoms with E-state index in [1.54, 1.807) is 42.3 Å². The summed E-state index contributed by atoms with van der Waals surface area (Å²) in [6.45, 7) is 5.65. The molecule has 9 heteroatoms. The predicted octanol–water partition coefficient (Wildman–Crippen LogP) is 3.53. The van der Waals surface area contributed by atoms with Crippen molar-refractivity contribution < 1.29 is 9.53 Å². The van der Waals surface area contributed by atoms with E-state index < -0.39 is 11.1 Å². The number of thiazole rings is 2. The molecular weight excluding hydrogens is 406 g/mol. The molecule has 29 heavy (non-hydrogen) atoms. The number of carbonyl (C=O) groups is 1. The van der Waals surface area contributed by atoms with Crippen LogP contribution in [0.5, 0.6) is 0 Å². The van der Waals surface area contributed by atoms with E-state index in [0.717, 1.165) is 15.7 Å². The van der Waals surface area contributed by atoms with Gasteiger partial charge in [0.1, 0.15) is 16.1 Å². The maximum absolute atomic E-state index is 13.4. The lowest BCUT2D eigenvalue weighted by Crippen LogP contribution is -2.52. The zero-order valence-electron chi connectivity index (χ0n) is 16.5. The second-order valence-electron chi connectivity index (χ2n) is 8.12. The summed E-state index contributed by atoms with van der Waals surface area (Å²) >= 11 is 3.10. The molecule has 0 aliphatic carbocycles. The Morgan fingerprint density at radius 1 is 1.17 bits per heavy atom. The molecule has 0 spiro atoms. The van der Waals surface area contributed by atoms with Crippen LogP contribution in [0.1, 0.15) is 54.9 Å². The zero-order chi connectivity index (χ0) is 20.5. The van der Waals surface area contributed by atoms with Gasteiger partial charge in [0, 0.05) is 54.1 Å². The molecule has 0 bridgehead atoms. The Bertz CT molecular complexity index is 941. The van der Waals surface area contributed by atoms with Crippen molar-refractivity contribution in [2.75, 3.05) is 0 Å². The van der Waals surface area contributed by atoms with Crippen LogP contribution < -0.4 is 5.32 Å². The molecule has 0 saturated carbocycles. The maximum Gasteiger partial charge on any atom is 0.327 e. The van der Waals surface area contributed by atoms with E-state index >= 15 is 0 Å². The van der Waals surface area contributed by atoms with Crippen LogP contribution in [0.25, 0.3) is 0 Å². The van der Waals surface area contributed by atoms with E-state index in [1.165, 1.54) is 11.3 Å². The highest BCUT2D eigenvalue weighted by atomic mass is 32.1. The Morgan fingerprint density at radius 2 is 1.97 bits per heavy atom. The van der Waals surface area contributed by atoms with Crippen LogP contribution in [0.2, 0.25) is 0 Å². The largest absolute Gasteiger partial charge is 0.459 e. The highest BCUT2D eigenvalue weighted by Crippen LogP contribution is 2.46. The number of aromatic nitrogens is 4. The zero-order valence-corrected chi connectivity index (χ0v) is 18.2. The molecule has 1 aliphatic rings. The molecule has 1 aliphatic heterocycles. The molecule has 7 nitrogen and oxygen atoms in total. The molecule has 1 fully saturated rings. The van der Waals surface area contributed by atoms with Gasteiger partial charge in [0.15, 0.2) is 0 Å². The van der Waals surface area contributed by atoms with Crippen LogP contribution in [0.3, 0.4) is 0 Å². The Kier molecular flexibility index (Phi) is 5.46. The fourth-order valence-electron chi connectivity index (χ4n) is 3.66. The third-order valence-corrected chi connectivity index (χ3v) is 6.45. The van der Waals surface area contributed by atoms with Gasteiger partial charge in [0.25, 0.3) is 0 Å². The monoisotopic (exact) mass is 429 g/mol. The molecule has 0 unspecified atom stereocenters. The molecule has 0 radical (unpaired) electrons. The number of nitrogens with zero attached hydrogens (tertiary/aromatic N) is 4. The summed E-state index contributed by atoms with van der Waals surface area (Å²) < 4.78 is 5.85. The van der Waals surface area contributed by atoms with Gasteiger partial charge in [-0.2, -0.15) is 0 Å². The summed E-state index contributed by atoms with van der Waals surface area (Å²) in [5, 5.41) is 9.27. The predicted molar refractivity (Wildman–Crippen MR) is 112 cm³/mol. The molecule has 1 saturated heterocycles. The summed E-state index contributed by atoms with van der Waals surface area (Å²) in [7, 11) is 0. The van der Waals surface area contributed by atoms with E-state index in [-0.39, 0.29) is 17.9 Å². The minimum absolute atomic E-state index is 0.0534. The molecule has 3 aromatic heterocycles. The van der Waals surface area contributed by atoms with Crippen molar-refractivity contribution in [3.05, 3.63) is 57.5 Å². The highest BCUT2D eigenvalue weighted by Gasteiger charge is 2.54. The van der Waals surface area contributed by atoms with Gasteiger partial charge in [-0.05, 0) is 27.2 Å². The van der Waals surface area contributed by atoms with Crippen molar-refractivity contribution in [1.29, 1.82) is 0 Å². The molecule has 4 heterocycles. The van der Waals surface area contributed by atoms with Crippen molar-refractivity contribution in [3.63, 3.8) is 0 Å². The number of carbonyl (C=O) groups excluding carboxylic acids is 1. The number of nitrogens with one attached hydrogen (secondary N) is 1. The minimum atomic E-state index is -0.913. The number of rotatable bonds is 5. The standard InChI is InChI=1S/C20H23N5O2S2/c1-19(2,3)27-18(26)20(11-15-23-6-8-28-15)10-13(14-12-21-4-5-22-14)16(25-20)17-24-7-9-29-17/h4-9,12-13,16,25H,10-11H2,1-3H3/t13-,16-,20-/m1/s1. The van der Waals surface area contributed by atoms with Gasteiger partial charge < -0.3 is 4.74 Å². The molecule has 4 rings (SSSR count). The van der Waals surface area contributed by atoms with E-state index in [1.807, 2.05) is 31.5 Å². The average molecular weight is 430 g/mol. The summed E-state index contributed by atoms with van der Waals surface area (Å²) in [5.74, 6) is -0.324. The molecule has 0 amide bonds. The van der Waals surface area contributed by atoms with Crippen LogP contribution in [0.15, 0.2) is 41.7 Å². The second kappa shape index (κ2) is 7.89. The lowest BCUT2D eigenvalue weighted by Gasteiger charge is -2.31. The first-order chi connectivity index (χ1) is 13.9. The fourth-order valence-corrected chi connectivity index (χ4v) is 5.14. The molecular formula is C20H23N5O2S2. The van der Waals surface area contributed by atoms with Crippen LogP contribution in [-0.2, 0) is 16.0 Å². The Hall–Kier alpha value is -2.23. The van der Waals surface area contributed by atoms with Gasteiger partial charge in [0.05, 0.1) is 16.7 Å². The SMILES string of the molecule is CC(C)(C)OC(=O)[C@]1(Cc2nccs2)C[C@H](c2cnccn2)[C@H](c2nccs2)N1. The summed E-state index contributed by atoms with van der Waals surface area (Å²) in [6.07, 6.45) is 9.63. The first-order valence-corrected chi connectivity index (χ1v) is 11.2. The molecule has 152 valence electrons. The van der Waals surface area contributed by atoms with Crippen LogP contribution in [-0.4, -0.2) is 37.0 Å². The van der Waals surface area contributed by atoms with Crippen molar-refractivity contribution in [3.8, 4) is 0 Å². The Balaban J connectivity index is 1.75. The lowest BCUT2D eigenvalue weighted by molar-refractivity contribution is -0.162. The van der Waals surface area contributed by atoms with Crippen molar-refractivity contribution >= 4 is 28.6 Å². The first kappa shape index (κ1) is 20.1. The van der Waals surface area contributed by atoms with Gasteiger partial charge in [0.2, 0.25) is 0 Å². The summed E-state index contributed by atoms with van der Waals surface area (Å²) in [6, 6.07) is -0.154. The topological polar surface area (TPSA) is 89.9 Å². The van der Waals surface area contributed by atoms with Crippen LogP contribution in [0, 0.1) is 0 Å². The number of esters is 1. The minimum Gasteiger partial charge on any atom is -0.459 e. The summed E-state index contributed by atoms with van der Waals surface area (Å²) in [4.78, 5) is 31.1. The second-order valence-corrected chi connectivity index (χ2v) is 10.0. The molecule has 3 aromatic rings. The molecule has 3 atom stereocenters. The highest BCUT2D eigenvalue weighted by molar-refractivity contribution is 7.09. The van der Waals surface area contributed by atoms with E-state index in [2.05, 4.69) is 25.3 Å². The Morgan fingerprint density at radius 3 is 2.59 bits per heavy atom. The van der Waals surface area contributed by atoms with Gasteiger partial charge in [-0.15, -0.1) is 22.7 Å². The quantitative estimate of drug-likeness (QED) is 0.621. The van der Waals surface area contributed by atoms with E-state index in [9.17, 15) is 4.79 Å². The number of hydrogen-bond donors (Lipinski definition) is 1. The van der Waals surface area contributed by atoms with E-state index in [4.69, 9.17) is 4.74 Å². The van der Waals surface area contributed by atoms with Crippen LogP contribution in [0.4, 0.5) is 0 Å². The van der Waals surface area contributed by atoms with Gasteiger partial charge in [-0.1, -0.05) is 0 Å². The number of ether oxygens (including phenoxy) is 1. The van der Waals surface area contributed by atoms with Gasteiger partial charge >= 0.3 is 5.97 Å². The smallest absolute Gasteiger partial charge is 0.327 e. The molecule has 1 N–H and O–H groups in total. The lowest BCUT2D eigenvalue weighted by atomic mass is 9.87. The number of hydrogen-bond acceptors (Lipinski definition) is 9. The summed E-state index contributed by atoms with van der Waals surface area (Å²) in [5.41, 5.74) is -0.663. The normalized spacial score (nSPS) is 24.5. The molecule has 0 aromatic carbocycles. The first-order valence-electron chi connectivity index (χ1n) is 9.41. The Labute approximate surface area is 177 Å². The average Bonchev–Trinajstić information content (AvgIpc) is 3.42. The van der Waals surface area contributed by atoms with Crippen molar-refractivity contribution in [2.24, 2.45) is 0 Å². The van der Waals surface area contributed by atoms with Crippen molar-refractivity contribution in [2.45, 2.75) is 56.7 Å². The third kappa shape index (κ3) is 4.36. The van der Waals surface area contributed by atoms with Crippen LogP contribution >= 0.6 is 22.7 Å². The van der Waals surface area contributed by atoms with Gasteiger partial charge in [-0.3, -0.25) is 20.1 Å². The van der Waals surface area contributed by atoms with Gasteiger partial charge in [-0.25, -0.2) is 9.97 Å². The maximum atomic E-state index is 13.4. The van der Waals surface area contributed by atoms with Crippen molar-refractivity contribution in [1.82, 2.24) is 25.3 Å². The fraction of sp³-hybridized carbons (Fsp3) is 0.450. The van der Waals surface area contributed by atoms with E-state index in [0.29, 0.717) is 12.8 Å².